The molecule has 2 aromatic heterocycles. The van der Waals surface area contributed by atoms with E-state index in [0.29, 0.717) is 15.9 Å². The van der Waals surface area contributed by atoms with Crippen LogP contribution in [-0.2, 0) is 25.1 Å². The average molecular weight is 311 g/mol. The second-order valence-electron chi connectivity index (χ2n) is 4.69. The number of aryl methyl sites for hydroxylation is 2. The van der Waals surface area contributed by atoms with Crippen LogP contribution in [0.4, 0.5) is 0 Å². The van der Waals surface area contributed by atoms with Crippen molar-refractivity contribution in [3.63, 3.8) is 0 Å². The van der Waals surface area contributed by atoms with Crippen molar-refractivity contribution < 1.29 is 0 Å². The van der Waals surface area contributed by atoms with Gasteiger partial charge in [0.2, 0.25) is 0 Å². The maximum Gasteiger partial charge on any atom is 0.254 e. The summed E-state index contributed by atoms with van der Waals surface area (Å²) in [5.74, 6) is 0.647. The second kappa shape index (κ2) is 5.61. The van der Waals surface area contributed by atoms with Gasteiger partial charge in [-0.05, 0) is 26.2 Å². The van der Waals surface area contributed by atoms with Gasteiger partial charge in [0, 0.05) is 17.9 Å². The number of aromatic nitrogens is 4. The number of rotatable bonds is 4. The molecular formula is C13H15ClN4OS. The van der Waals surface area contributed by atoms with Crippen molar-refractivity contribution in [2.24, 2.45) is 0 Å². The molecule has 7 heteroatoms. The lowest BCUT2D eigenvalue weighted by atomic mass is 10.3. The molecule has 0 bridgehead atoms. The van der Waals surface area contributed by atoms with Crippen molar-refractivity contribution in [3.8, 4) is 0 Å². The van der Waals surface area contributed by atoms with Crippen molar-refractivity contribution in [3.05, 3.63) is 38.5 Å². The Hall–Kier alpha value is -1.27. The molecule has 0 fully saturated rings. The summed E-state index contributed by atoms with van der Waals surface area (Å²) < 4.78 is 1.86. The number of aromatic amines is 1. The number of nitrogens with one attached hydrogen (secondary N) is 1. The van der Waals surface area contributed by atoms with Crippen LogP contribution in [0.1, 0.15) is 30.3 Å². The monoisotopic (exact) mass is 310 g/mol. The Kier molecular flexibility index (Phi) is 3.85. The molecule has 0 saturated heterocycles. The number of halogens is 1. The highest BCUT2D eigenvalue weighted by atomic mass is 35.5. The second-order valence-corrected chi connectivity index (χ2v) is 6.06. The Morgan fingerprint density at radius 2 is 2.35 bits per heavy atom. The first-order valence-electron chi connectivity index (χ1n) is 6.64. The molecule has 0 amide bonds. The van der Waals surface area contributed by atoms with Crippen LogP contribution >= 0.6 is 23.4 Å². The van der Waals surface area contributed by atoms with Gasteiger partial charge in [-0.25, -0.2) is 4.98 Å². The zero-order valence-corrected chi connectivity index (χ0v) is 12.7. The summed E-state index contributed by atoms with van der Waals surface area (Å²) in [6.45, 7) is 2.80. The van der Waals surface area contributed by atoms with E-state index in [9.17, 15) is 4.79 Å². The van der Waals surface area contributed by atoms with E-state index in [2.05, 4.69) is 15.1 Å². The summed E-state index contributed by atoms with van der Waals surface area (Å²) >= 11 is 7.62. The van der Waals surface area contributed by atoms with Crippen molar-refractivity contribution in [2.75, 3.05) is 0 Å². The molecule has 1 aliphatic rings. The van der Waals surface area contributed by atoms with Gasteiger partial charge >= 0.3 is 0 Å². The van der Waals surface area contributed by atoms with Crippen molar-refractivity contribution in [1.29, 1.82) is 0 Å². The van der Waals surface area contributed by atoms with Crippen LogP contribution in [-0.4, -0.2) is 19.7 Å². The standard InChI is InChI=1S/C13H15ClN4OS/c1-2-18-11(9(14)6-15-18)7-20-13-16-10-5-3-4-8(10)12(19)17-13/h6H,2-5,7H2,1H3,(H,16,17,19). The summed E-state index contributed by atoms with van der Waals surface area (Å²) in [5, 5.41) is 5.52. The van der Waals surface area contributed by atoms with E-state index in [1.165, 1.54) is 11.8 Å². The van der Waals surface area contributed by atoms with Gasteiger partial charge in [-0.3, -0.25) is 9.48 Å². The topological polar surface area (TPSA) is 63.6 Å². The maximum atomic E-state index is 11.9. The predicted molar refractivity (Wildman–Crippen MR) is 79.4 cm³/mol. The largest absolute Gasteiger partial charge is 0.301 e. The first-order chi connectivity index (χ1) is 9.69. The summed E-state index contributed by atoms with van der Waals surface area (Å²) in [4.78, 5) is 19.3. The van der Waals surface area contributed by atoms with Gasteiger partial charge in [-0.2, -0.15) is 5.10 Å². The molecule has 3 rings (SSSR count). The highest BCUT2D eigenvalue weighted by Crippen LogP contribution is 2.25. The molecule has 0 aromatic carbocycles. The highest BCUT2D eigenvalue weighted by molar-refractivity contribution is 7.98. The summed E-state index contributed by atoms with van der Waals surface area (Å²) in [7, 11) is 0. The predicted octanol–water partition coefficient (Wildman–Crippen LogP) is 2.42. The molecule has 106 valence electrons. The van der Waals surface area contributed by atoms with Gasteiger partial charge in [-0.15, -0.1) is 0 Å². The number of hydrogen-bond acceptors (Lipinski definition) is 4. The Morgan fingerprint density at radius 3 is 3.15 bits per heavy atom. The lowest BCUT2D eigenvalue weighted by molar-refractivity contribution is 0.637. The van der Waals surface area contributed by atoms with Gasteiger partial charge in [-0.1, -0.05) is 23.4 Å². The molecule has 0 spiro atoms. The molecule has 0 atom stereocenters. The van der Waals surface area contributed by atoms with Crippen LogP contribution in [0.25, 0.3) is 0 Å². The normalized spacial score (nSPS) is 13.7. The molecular weight excluding hydrogens is 296 g/mol. The van der Waals surface area contributed by atoms with E-state index in [0.717, 1.165) is 42.8 Å². The van der Waals surface area contributed by atoms with E-state index in [1.807, 2.05) is 11.6 Å². The van der Waals surface area contributed by atoms with Crippen LogP contribution in [0, 0.1) is 0 Å². The van der Waals surface area contributed by atoms with Gasteiger partial charge in [0.05, 0.1) is 22.6 Å². The minimum Gasteiger partial charge on any atom is -0.301 e. The molecule has 2 aromatic rings. The zero-order chi connectivity index (χ0) is 14.1. The molecule has 2 heterocycles. The van der Waals surface area contributed by atoms with Crippen LogP contribution in [0.2, 0.25) is 5.02 Å². The Bertz CT molecular complexity index is 694. The number of thioether (sulfide) groups is 1. The van der Waals surface area contributed by atoms with E-state index in [-0.39, 0.29) is 5.56 Å². The fraction of sp³-hybridized carbons (Fsp3) is 0.462. The minimum atomic E-state index is 0.00472. The lowest BCUT2D eigenvalue weighted by Crippen LogP contribution is -2.15. The summed E-state index contributed by atoms with van der Waals surface area (Å²) in [6, 6.07) is 0. The smallest absolute Gasteiger partial charge is 0.254 e. The van der Waals surface area contributed by atoms with Crippen molar-refractivity contribution in [1.82, 2.24) is 19.7 Å². The van der Waals surface area contributed by atoms with Gasteiger partial charge in [0.25, 0.3) is 5.56 Å². The fourth-order valence-corrected chi connectivity index (χ4v) is 3.63. The number of fused-ring (bicyclic) bond motifs is 1. The molecule has 20 heavy (non-hydrogen) atoms. The first-order valence-corrected chi connectivity index (χ1v) is 8.00. The highest BCUT2D eigenvalue weighted by Gasteiger charge is 2.17. The van der Waals surface area contributed by atoms with Crippen molar-refractivity contribution >= 4 is 23.4 Å². The molecule has 1 N–H and O–H groups in total. The lowest BCUT2D eigenvalue weighted by Gasteiger charge is -2.06. The third-order valence-electron chi connectivity index (χ3n) is 3.46. The van der Waals surface area contributed by atoms with Gasteiger partial charge < -0.3 is 4.98 Å². The van der Waals surface area contributed by atoms with Crippen molar-refractivity contribution in [2.45, 2.75) is 43.6 Å². The Balaban J connectivity index is 1.81. The van der Waals surface area contributed by atoms with E-state index < -0.39 is 0 Å². The third-order valence-corrected chi connectivity index (χ3v) is 4.66. The van der Waals surface area contributed by atoms with E-state index in [4.69, 9.17) is 11.6 Å². The fourth-order valence-electron chi connectivity index (χ4n) is 2.43. The van der Waals surface area contributed by atoms with Crippen LogP contribution in [0.3, 0.4) is 0 Å². The quantitative estimate of drug-likeness (QED) is 0.696. The first kappa shape index (κ1) is 13.7. The maximum absolute atomic E-state index is 11.9. The molecule has 1 aliphatic carbocycles. The van der Waals surface area contributed by atoms with Crippen LogP contribution < -0.4 is 5.56 Å². The summed E-state index contributed by atoms with van der Waals surface area (Å²) in [5.41, 5.74) is 2.77. The van der Waals surface area contributed by atoms with Crippen LogP contribution in [0.15, 0.2) is 16.1 Å². The van der Waals surface area contributed by atoms with Gasteiger partial charge in [0.15, 0.2) is 5.16 Å². The van der Waals surface area contributed by atoms with Gasteiger partial charge in [0.1, 0.15) is 0 Å². The van der Waals surface area contributed by atoms with Crippen LogP contribution in [0.5, 0.6) is 0 Å². The summed E-state index contributed by atoms with van der Waals surface area (Å²) in [6.07, 6.45) is 4.42. The number of H-pyrrole nitrogens is 1. The van der Waals surface area contributed by atoms with E-state index in [1.54, 1.807) is 6.20 Å². The molecule has 0 unspecified atom stereocenters. The number of nitrogens with zero attached hydrogens (tertiary/aromatic N) is 3. The SMILES string of the molecule is CCn1ncc(Cl)c1CSc1nc2c(c(=O)[nH]1)CCC2. The molecule has 0 radical (unpaired) electrons. The third kappa shape index (κ3) is 2.50. The minimum absolute atomic E-state index is 0.00472. The molecule has 5 nitrogen and oxygen atoms in total. The zero-order valence-electron chi connectivity index (χ0n) is 11.1. The number of hydrogen-bond donors (Lipinski definition) is 1. The molecule has 0 aliphatic heterocycles. The average Bonchev–Trinajstić information content (AvgIpc) is 3.03. The Morgan fingerprint density at radius 1 is 1.50 bits per heavy atom. The van der Waals surface area contributed by atoms with E-state index >= 15 is 0 Å². The molecule has 0 saturated carbocycles. The Labute approximate surface area is 125 Å².